The molecule has 4 N–H and O–H groups in total. The fourth-order valence-corrected chi connectivity index (χ4v) is 1.46. The molecule has 120 valence electrons. The third kappa shape index (κ3) is 5.71. The number of rotatable bonds is 8. The molecule has 22 heavy (non-hydrogen) atoms. The van der Waals surface area contributed by atoms with Gasteiger partial charge < -0.3 is 21.3 Å². The van der Waals surface area contributed by atoms with Gasteiger partial charge in [-0.3, -0.25) is 28.9 Å². The average molecular weight is 311 g/mol. The molecule has 1 aliphatic heterocycles. The van der Waals surface area contributed by atoms with E-state index in [9.17, 15) is 24.0 Å². The van der Waals surface area contributed by atoms with Crippen LogP contribution in [0.2, 0.25) is 0 Å². The zero-order valence-electron chi connectivity index (χ0n) is 12.0. The lowest BCUT2D eigenvalue weighted by atomic mass is 10.5. The third-order valence-corrected chi connectivity index (χ3v) is 2.56. The molecule has 10 nitrogen and oxygen atoms in total. The average Bonchev–Trinajstić information content (AvgIpc) is 2.80. The molecule has 0 saturated heterocycles. The molecule has 0 aromatic carbocycles. The molecule has 0 aliphatic carbocycles. The minimum atomic E-state index is -0.567. The molecule has 0 unspecified atom stereocenters. The first-order valence-electron chi connectivity index (χ1n) is 6.42. The molecule has 0 radical (unpaired) electrons. The second-order valence-electron chi connectivity index (χ2n) is 4.28. The van der Waals surface area contributed by atoms with E-state index in [4.69, 9.17) is 0 Å². The van der Waals surface area contributed by atoms with Gasteiger partial charge in [0.25, 0.3) is 11.8 Å². The fourth-order valence-electron chi connectivity index (χ4n) is 1.46. The van der Waals surface area contributed by atoms with Gasteiger partial charge in [0.1, 0.15) is 6.67 Å². The minimum absolute atomic E-state index is 0.0830. The molecule has 5 amide bonds. The van der Waals surface area contributed by atoms with Gasteiger partial charge in [0.15, 0.2) is 0 Å². The van der Waals surface area contributed by atoms with Crippen LogP contribution >= 0.6 is 0 Å². The molecular formula is C12H17N5O5. The summed E-state index contributed by atoms with van der Waals surface area (Å²) in [5, 5.41) is 9.57. The maximum Gasteiger partial charge on any atom is 0.255 e. The molecule has 0 atom stereocenters. The van der Waals surface area contributed by atoms with Gasteiger partial charge in [-0.05, 0) is 7.05 Å². The molecule has 0 aromatic heterocycles. The predicted molar refractivity (Wildman–Crippen MR) is 73.9 cm³/mol. The Balaban J connectivity index is 2.17. The lowest BCUT2D eigenvalue weighted by molar-refractivity contribution is -0.138. The second kappa shape index (κ2) is 8.52. The van der Waals surface area contributed by atoms with E-state index in [1.54, 1.807) is 7.05 Å². The number of nitrogens with one attached hydrogen (secondary N) is 4. The van der Waals surface area contributed by atoms with Crippen molar-refractivity contribution in [2.75, 3.05) is 33.4 Å². The molecule has 0 bridgehead atoms. The molecule has 0 saturated carbocycles. The SMILES string of the molecule is CNCC(=O)NCC(=O)NCC(=O)NCN1C(=O)C=CC1=O. The summed E-state index contributed by atoms with van der Waals surface area (Å²) in [5.74, 6) is -2.47. The Morgan fingerprint density at radius 2 is 1.32 bits per heavy atom. The lowest BCUT2D eigenvalue weighted by Crippen LogP contribution is -2.46. The van der Waals surface area contributed by atoms with Crippen molar-refractivity contribution in [1.29, 1.82) is 0 Å². The molecule has 1 rings (SSSR count). The predicted octanol–water partition coefficient (Wildman–Crippen LogP) is -3.56. The first kappa shape index (κ1) is 17.3. The van der Waals surface area contributed by atoms with Gasteiger partial charge in [0.05, 0.1) is 19.6 Å². The first-order valence-corrected chi connectivity index (χ1v) is 6.42. The van der Waals surface area contributed by atoms with Crippen molar-refractivity contribution in [2.45, 2.75) is 0 Å². The normalized spacial score (nSPS) is 13.2. The number of nitrogens with zero attached hydrogens (tertiary/aromatic N) is 1. The highest BCUT2D eigenvalue weighted by atomic mass is 16.2. The van der Waals surface area contributed by atoms with E-state index in [-0.39, 0.29) is 32.2 Å². The zero-order valence-corrected chi connectivity index (χ0v) is 12.0. The molecule has 0 spiro atoms. The van der Waals surface area contributed by atoms with Crippen molar-refractivity contribution < 1.29 is 24.0 Å². The van der Waals surface area contributed by atoms with Gasteiger partial charge in [-0.15, -0.1) is 0 Å². The Hall–Kier alpha value is -2.75. The molecule has 1 aliphatic rings. The minimum Gasteiger partial charge on any atom is -0.346 e. The Bertz CT molecular complexity index is 498. The van der Waals surface area contributed by atoms with E-state index in [2.05, 4.69) is 21.3 Å². The highest BCUT2D eigenvalue weighted by Crippen LogP contribution is 2.00. The Morgan fingerprint density at radius 3 is 1.82 bits per heavy atom. The van der Waals surface area contributed by atoms with Crippen molar-refractivity contribution in [3.05, 3.63) is 12.2 Å². The van der Waals surface area contributed by atoms with E-state index in [1.807, 2.05) is 0 Å². The third-order valence-electron chi connectivity index (χ3n) is 2.56. The number of carbonyl (C=O) groups excluding carboxylic acids is 5. The molecule has 10 heteroatoms. The Kier molecular flexibility index (Phi) is 6.70. The smallest absolute Gasteiger partial charge is 0.255 e. The van der Waals surface area contributed by atoms with E-state index in [0.29, 0.717) is 0 Å². The summed E-state index contributed by atoms with van der Waals surface area (Å²) >= 11 is 0. The summed E-state index contributed by atoms with van der Waals surface area (Å²) < 4.78 is 0. The van der Waals surface area contributed by atoms with Crippen LogP contribution < -0.4 is 21.3 Å². The Labute approximate surface area is 126 Å². The number of hydrogen-bond acceptors (Lipinski definition) is 6. The molecule has 1 heterocycles. The van der Waals surface area contributed by atoms with Gasteiger partial charge >= 0.3 is 0 Å². The summed E-state index contributed by atoms with van der Waals surface area (Å²) in [6.07, 6.45) is 2.20. The van der Waals surface area contributed by atoms with Crippen LogP contribution in [0.3, 0.4) is 0 Å². The van der Waals surface area contributed by atoms with E-state index >= 15 is 0 Å². The summed E-state index contributed by atoms with van der Waals surface area (Å²) in [4.78, 5) is 57.2. The summed E-state index contributed by atoms with van der Waals surface area (Å²) in [5.41, 5.74) is 0. The van der Waals surface area contributed by atoms with Crippen LogP contribution in [0.4, 0.5) is 0 Å². The molecular weight excluding hydrogens is 294 g/mol. The van der Waals surface area contributed by atoms with Gasteiger partial charge in [-0.2, -0.15) is 0 Å². The lowest BCUT2D eigenvalue weighted by Gasteiger charge is -2.14. The molecule has 0 aromatic rings. The maximum atomic E-state index is 11.5. The summed E-state index contributed by atoms with van der Waals surface area (Å²) in [7, 11) is 1.59. The zero-order chi connectivity index (χ0) is 16.5. The van der Waals surface area contributed by atoms with Crippen LogP contribution in [0, 0.1) is 0 Å². The maximum absolute atomic E-state index is 11.5. The van der Waals surface area contributed by atoms with Crippen molar-refractivity contribution in [3.8, 4) is 0 Å². The van der Waals surface area contributed by atoms with E-state index in [0.717, 1.165) is 17.1 Å². The van der Waals surface area contributed by atoms with Crippen LogP contribution in [0.25, 0.3) is 0 Å². The second-order valence-corrected chi connectivity index (χ2v) is 4.28. The quantitative estimate of drug-likeness (QED) is 0.342. The van der Waals surface area contributed by atoms with Crippen LogP contribution in [-0.4, -0.2) is 67.8 Å². The summed E-state index contributed by atoms with van der Waals surface area (Å²) in [6.45, 7) is -0.761. The van der Waals surface area contributed by atoms with Gasteiger partial charge in [-0.25, -0.2) is 0 Å². The van der Waals surface area contributed by atoms with Crippen LogP contribution in [-0.2, 0) is 24.0 Å². The van der Waals surface area contributed by atoms with E-state index < -0.39 is 23.6 Å². The summed E-state index contributed by atoms with van der Waals surface area (Å²) in [6, 6.07) is 0. The van der Waals surface area contributed by atoms with Crippen molar-refractivity contribution >= 4 is 29.5 Å². The number of imide groups is 1. The Morgan fingerprint density at radius 1 is 0.864 bits per heavy atom. The van der Waals surface area contributed by atoms with Gasteiger partial charge in [0.2, 0.25) is 17.7 Å². The van der Waals surface area contributed by atoms with Crippen molar-refractivity contribution in [3.63, 3.8) is 0 Å². The largest absolute Gasteiger partial charge is 0.346 e. The van der Waals surface area contributed by atoms with Gasteiger partial charge in [-0.1, -0.05) is 0 Å². The van der Waals surface area contributed by atoms with E-state index in [1.165, 1.54) is 0 Å². The highest BCUT2D eigenvalue weighted by molar-refractivity contribution is 6.13. The number of hydrogen-bond donors (Lipinski definition) is 4. The first-order chi connectivity index (χ1) is 10.4. The van der Waals surface area contributed by atoms with Gasteiger partial charge in [0, 0.05) is 12.2 Å². The van der Waals surface area contributed by atoms with Crippen LogP contribution in [0.1, 0.15) is 0 Å². The highest BCUT2D eigenvalue weighted by Gasteiger charge is 2.23. The van der Waals surface area contributed by atoms with Crippen molar-refractivity contribution in [2.24, 2.45) is 0 Å². The number of carbonyl (C=O) groups is 5. The fraction of sp³-hybridized carbons (Fsp3) is 0.417. The monoisotopic (exact) mass is 311 g/mol. The van der Waals surface area contributed by atoms with Crippen LogP contribution in [0.15, 0.2) is 12.2 Å². The number of amides is 5. The standard InChI is InChI=1S/C12H17N5O5/c1-13-4-8(18)14-5-9(19)15-6-10(20)16-7-17-11(21)2-3-12(17)22/h2-3,13H,4-7H2,1H3,(H,14,18)(H,15,19)(H,16,20). The van der Waals surface area contributed by atoms with Crippen LogP contribution in [0.5, 0.6) is 0 Å². The topological polar surface area (TPSA) is 137 Å². The number of likely N-dealkylation sites (N-methyl/N-ethyl adjacent to an activating group) is 1. The molecule has 0 fully saturated rings. The van der Waals surface area contributed by atoms with Crippen molar-refractivity contribution in [1.82, 2.24) is 26.2 Å².